The van der Waals surface area contributed by atoms with Gasteiger partial charge < -0.3 is 16.0 Å². The molecule has 1 heterocycles. The van der Waals surface area contributed by atoms with Crippen LogP contribution in [0.5, 0.6) is 0 Å². The summed E-state index contributed by atoms with van der Waals surface area (Å²) in [5.41, 5.74) is 2.61. The summed E-state index contributed by atoms with van der Waals surface area (Å²) in [6.07, 6.45) is 2.78. The highest BCUT2D eigenvalue weighted by molar-refractivity contribution is 6.32. The molecule has 0 saturated carbocycles. The smallest absolute Gasteiger partial charge is 0.243 e. The quantitative estimate of drug-likeness (QED) is 0.529. The molecule has 136 valence electrons. The lowest BCUT2D eigenvalue weighted by molar-refractivity contribution is -0.116. The Hall–Kier alpha value is -3.38. The third-order valence-corrected chi connectivity index (χ3v) is 3.89. The molecule has 3 rings (SSSR count). The maximum absolute atomic E-state index is 11.3. The van der Waals surface area contributed by atoms with Crippen molar-refractivity contribution >= 4 is 40.6 Å². The fourth-order valence-corrected chi connectivity index (χ4v) is 2.46. The average Bonchev–Trinajstić information content (AvgIpc) is 2.70. The first-order chi connectivity index (χ1) is 13.1. The number of nitrogens with one attached hydrogen (secondary N) is 3. The van der Waals surface area contributed by atoms with E-state index in [9.17, 15) is 4.79 Å². The minimum Gasteiger partial charge on any atom is -0.348 e. The average molecular weight is 380 g/mol. The van der Waals surface area contributed by atoms with Gasteiger partial charge in [0.1, 0.15) is 5.02 Å². The number of carbonyl (C=O) groups excluding carboxylic acids is 1. The van der Waals surface area contributed by atoms with Crippen LogP contribution < -0.4 is 16.0 Å². The van der Waals surface area contributed by atoms with Crippen LogP contribution in [0.1, 0.15) is 5.56 Å². The number of anilines is 4. The van der Waals surface area contributed by atoms with Gasteiger partial charge in [-0.1, -0.05) is 48.5 Å². The molecule has 0 radical (unpaired) electrons. The number of nitrogens with zero attached hydrogens (tertiary/aromatic N) is 2. The van der Waals surface area contributed by atoms with Crippen molar-refractivity contribution in [2.24, 2.45) is 0 Å². The predicted molar refractivity (Wildman–Crippen MR) is 109 cm³/mol. The minimum atomic E-state index is -0.217. The van der Waals surface area contributed by atoms with E-state index < -0.39 is 0 Å². The van der Waals surface area contributed by atoms with Crippen molar-refractivity contribution < 1.29 is 4.79 Å². The number of aromatic nitrogens is 2. The lowest BCUT2D eigenvalue weighted by atomic mass is 10.2. The molecule has 6 nitrogen and oxygen atoms in total. The van der Waals surface area contributed by atoms with E-state index in [-0.39, 0.29) is 5.91 Å². The molecule has 7 heteroatoms. The maximum atomic E-state index is 11.3. The summed E-state index contributed by atoms with van der Waals surface area (Å²) >= 11 is 6.20. The van der Waals surface area contributed by atoms with Gasteiger partial charge in [0.05, 0.1) is 6.20 Å². The van der Waals surface area contributed by atoms with Crippen molar-refractivity contribution in [3.05, 3.63) is 84.0 Å². The van der Waals surface area contributed by atoms with Gasteiger partial charge in [-0.3, -0.25) is 4.79 Å². The lowest BCUT2D eigenvalue weighted by Crippen LogP contribution is -2.19. The van der Waals surface area contributed by atoms with Crippen LogP contribution in [-0.4, -0.2) is 15.9 Å². The predicted octanol–water partition coefficient (Wildman–Crippen LogP) is 4.42. The molecule has 3 N–H and O–H groups in total. The van der Waals surface area contributed by atoms with Crippen LogP contribution in [0.15, 0.2) is 73.4 Å². The summed E-state index contributed by atoms with van der Waals surface area (Å²) in [5.74, 6) is 0.700. The van der Waals surface area contributed by atoms with E-state index >= 15 is 0 Å². The van der Waals surface area contributed by atoms with Crippen molar-refractivity contribution in [2.75, 3.05) is 10.6 Å². The van der Waals surface area contributed by atoms with E-state index in [0.29, 0.717) is 23.3 Å². The van der Waals surface area contributed by atoms with Crippen LogP contribution in [0.3, 0.4) is 0 Å². The zero-order valence-corrected chi connectivity index (χ0v) is 15.2. The number of hydrogen-bond acceptors (Lipinski definition) is 5. The zero-order valence-electron chi connectivity index (χ0n) is 14.4. The summed E-state index contributed by atoms with van der Waals surface area (Å²) in [5, 5.41) is 9.48. The Bertz CT molecular complexity index is 946. The normalized spacial score (nSPS) is 10.1. The number of amides is 1. The molecule has 2 aromatic carbocycles. The fraction of sp³-hybridized carbons (Fsp3) is 0.0500. The molecule has 0 spiro atoms. The van der Waals surface area contributed by atoms with E-state index in [1.165, 1.54) is 12.3 Å². The van der Waals surface area contributed by atoms with Crippen molar-refractivity contribution in [1.29, 1.82) is 0 Å². The van der Waals surface area contributed by atoms with Crippen molar-refractivity contribution in [3.63, 3.8) is 0 Å². The molecule has 1 amide bonds. The first-order valence-corrected chi connectivity index (χ1v) is 8.62. The number of hydrogen-bond donors (Lipinski definition) is 3. The molecule has 27 heavy (non-hydrogen) atoms. The summed E-state index contributed by atoms with van der Waals surface area (Å²) in [7, 11) is 0. The molecule has 0 bridgehead atoms. The topological polar surface area (TPSA) is 78.9 Å². The van der Waals surface area contributed by atoms with E-state index in [0.717, 1.165) is 16.9 Å². The van der Waals surface area contributed by atoms with Gasteiger partial charge in [0.15, 0.2) is 5.82 Å². The molecule has 0 saturated heterocycles. The van der Waals surface area contributed by atoms with Gasteiger partial charge in [0, 0.05) is 17.9 Å². The monoisotopic (exact) mass is 379 g/mol. The van der Waals surface area contributed by atoms with Crippen LogP contribution in [0.2, 0.25) is 5.02 Å². The number of rotatable bonds is 7. The molecular formula is C20H18ClN5O. The highest BCUT2D eigenvalue weighted by Gasteiger charge is 2.07. The fourth-order valence-electron chi connectivity index (χ4n) is 2.32. The molecule has 0 aliphatic carbocycles. The van der Waals surface area contributed by atoms with Crippen LogP contribution >= 0.6 is 11.6 Å². The van der Waals surface area contributed by atoms with Gasteiger partial charge in [-0.05, 0) is 35.9 Å². The Morgan fingerprint density at radius 2 is 1.85 bits per heavy atom. The van der Waals surface area contributed by atoms with Crippen LogP contribution in [0.25, 0.3) is 0 Å². The third-order valence-electron chi connectivity index (χ3n) is 3.62. The first kappa shape index (κ1) is 18.4. The van der Waals surface area contributed by atoms with E-state index in [1.807, 2.05) is 54.6 Å². The second kappa shape index (κ2) is 8.82. The van der Waals surface area contributed by atoms with E-state index in [2.05, 4.69) is 32.5 Å². The molecule has 1 aromatic heterocycles. The molecule has 0 fully saturated rings. The summed E-state index contributed by atoms with van der Waals surface area (Å²) in [6.45, 7) is 3.84. The number of para-hydroxylation sites is 1. The molecule has 0 aliphatic rings. The molecule has 0 atom stereocenters. The van der Waals surface area contributed by atoms with Gasteiger partial charge in [-0.15, -0.1) is 0 Å². The Balaban J connectivity index is 1.73. The minimum absolute atomic E-state index is 0.217. The highest BCUT2D eigenvalue weighted by Crippen LogP contribution is 2.24. The van der Waals surface area contributed by atoms with Gasteiger partial charge in [-0.25, -0.2) is 4.98 Å². The Morgan fingerprint density at radius 3 is 2.63 bits per heavy atom. The van der Waals surface area contributed by atoms with Crippen LogP contribution in [-0.2, 0) is 11.3 Å². The molecular weight excluding hydrogens is 362 g/mol. The van der Waals surface area contributed by atoms with Gasteiger partial charge in [0.2, 0.25) is 11.9 Å². The number of carbonyl (C=O) groups is 1. The van der Waals surface area contributed by atoms with E-state index in [4.69, 9.17) is 11.6 Å². The molecule has 0 aliphatic heterocycles. The molecule has 0 unspecified atom stereocenters. The highest BCUT2D eigenvalue weighted by atomic mass is 35.5. The zero-order chi connectivity index (χ0) is 19.1. The van der Waals surface area contributed by atoms with E-state index in [1.54, 1.807) is 0 Å². The number of benzene rings is 2. The summed E-state index contributed by atoms with van der Waals surface area (Å²) in [6, 6.07) is 17.2. The Kier molecular flexibility index (Phi) is 6.02. The SMILES string of the molecule is C=CC(=O)NCc1cccc(Nc2ncc(Cl)c(Nc3ccccc3)n2)c1. The molecule has 3 aromatic rings. The largest absolute Gasteiger partial charge is 0.348 e. The van der Waals surface area contributed by atoms with Crippen molar-refractivity contribution in [2.45, 2.75) is 6.54 Å². The summed E-state index contributed by atoms with van der Waals surface area (Å²) in [4.78, 5) is 19.9. The second-order valence-corrected chi connectivity index (χ2v) is 6.04. The second-order valence-electron chi connectivity index (χ2n) is 5.63. The Morgan fingerprint density at radius 1 is 1.07 bits per heavy atom. The van der Waals surface area contributed by atoms with Crippen LogP contribution in [0, 0.1) is 0 Å². The lowest BCUT2D eigenvalue weighted by Gasteiger charge is -2.11. The van der Waals surface area contributed by atoms with Crippen LogP contribution in [0.4, 0.5) is 23.1 Å². The summed E-state index contributed by atoms with van der Waals surface area (Å²) < 4.78 is 0. The Labute approximate surface area is 162 Å². The number of halogens is 1. The van der Waals surface area contributed by atoms with Crippen molar-refractivity contribution in [3.8, 4) is 0 Å². The van der Waals surface area contributed by atoms with Gasteiger partial charge in [0.25, 0.3) is 0 Å². The maximum Gasteiger partial charge on any atom is 0.243 e. The first-order valence-electron chi connectivity index (χ1n) is 8.25. The van der Waals surface area contributed by atoms with Crippen molar-refractivity contribution in [1.82, 2.24) is 15.3 Å². The van der Waals surface area contributed by atoms with Gasteiger partial charge in [-0.2, -0.15) is 4.98 Å². The third kappa shape index (κ3) is 5.29. The van der Waals surface area contributed by atoms with Gasteiger partial charge >= 0.3 is 0 Å². The standard InChI is InChI=1S/C20H18ClN5O/c1-2-18(27)22-12-14-7-6-10-16(11-14)25-20-23-13-17(21)19(26-20)24-15-8-4-3-5-9-15/h2-11,13H,1,12H2,(H,22,27)(H2,23,24,25,26).